The van der Waals surface area contributed by atoms with Gasteiger partial charge in [-0.3, -0.25) is 4.79 Å². The molecule has 5 nitrogen and oxygen atoms in total. The first-order chi connectivity index (χ1) is 14.0. The molecule has 2 aromatic rings. The number of carbonyl (C=O) groups is 1. The maximum absolute atomic E-state index is 12.7. The molecule has 2 N–H and O–H groups in total. The molecular formula is C22H19BrN2O3S. The third-order valence-electron chi connectivity index (χ3n) is 5.15. The fourth-order valence-electron chi connectivity index (χ4n) is 3.69. The van der Waals surface area contributed by atoms with Crippen molar-refractivity contribution in [3.63, 3.8) is 0 Å². The van der Waals surface area contributed by atoms with Crippen molar-refractivity contribution in [1.82, 2.24) is 0 Å². The van der Waals surface area contributed by atoms with Gasteiger partial charge in [0.2, 0.25) is 5.88 Å². The Morgan fingerprint density at radius 2 is 2.17 bits per heavy atom. The smallest absolute Gasteiger partial charge is 0.205 e. The third kappa shape index (κ3) is 3.70. The Balaban J connectivity index is 1.68. The third-order valence-corrected chi connectivity index (χ3v) is 6.96. The molecule has 0 bridgehead atoms. The van der Waals surface area contributed by atoms with Crippen LogP contribution in [0.1, 0.15) is 40.5 Å². The summed E-state index contributed by atoms with van der Waals surface area (Å²) in [6.45, 7) is 2.42. The van der Waals surface area contributed by atoms with E-state index in [2.05, 4.69) is 22.0 Å². The lowest BCUT2D eigenvalue weighted by atomic mass is 9.80. The summed E-state index contributed by atoms with van der Waals surface area (Å²) >= 11 is 5.05. The van der Waals surface area contributed by atoms with Gasteiger partial charge in [-0.25, -0.2) is 0 Å². The maximum atomic E-state index is 12.7. The topological polar surface area (TPSA) is 85.3 Å². The van der Waals surface area contributed by atoms with Crippen LogP contribution < -0.4 is 10.5 Å². The molecule has 0 saturated heterocycles. The van der Waals surface area contributed by atoms with Gasteiger partial charge in [-0.1, -0.05) is 12.1 Å². The van der Waals surface area contributed by atoms with Gasteiger partial charge >= 0.3 is 0 Å². The number of benzene rings is 1. The Morgan fingerprint density at radius 1 is 1.38 bits per heavy atom. The zero-order chi connectivity index (χ0) is 20.5. The highest BCUT2D eigenvalue weighted by Gasteiger charge is 2.39. The van der Waals surface area contributed by atoms with Gasteiger partial charge in [0.1, 0.15) is 29.8 Å². The number of halogens is 1. The normalized spacial score (nSPS) is 18.9. The van der Waals surface area contributed by atoms with Gasteiger partial charge in [0, 0.05) is 33.7 Å². The Bertz CT molecular complexity index is 1090. The van der Waals surface area contributed by atoms with Gasteiger partial charge in [-0.2, -0.15) is 5.26 Å². The Morgan fingerprint density at radius 3 is 2.93 bits per heavy atom. The minimum absolute atomic E-state index is 0.0357. The molecule has 1 atom stereocenters. The number of ketones is 1. The number of Topliss-reactive ketones (excluding diaryl/α,β-unsaturated/α-hetero) is 1. The van der Waals surface area contributed by atoms with E-state index in [0.29, 0.717) is 36.4 Å². The molecule has 29 heavy (non-hydrogen) atoms. The zero-order valence-electron chi connectivity index (χ0n) is 15.8. The average Bonchev–Trinajstić information content (AvgIpc) is 3.07. The fourth-order valence-corrected chi connectivity index (χ4v) is 5.25. The molecule has 1 aromatic heterocycles. The van der Waals surface area contributed by atoms with Crippen LogP contribution in [0.3, 0.4) is 0 Å². The van der Waals surface area contributed by atoms with Crippen molar-refractivity contribution >= 4 is 33.0 Å². The highest BCUT2D eigenvalue weighted by Crippen LogP contribution is 2.46. The van der Waals surface area contributed by atoms with Crippen LogP contribution in [-0.2, 0) is 16.1 Å². The summed E-state index contributed by atoms with van der Waals surface area (Å²) in [6.07, 6.45) is 1.88. The molecule has 0 saturated carbocycles. The summed E-state index contributed by atoms with van der Waals surface area (Å²) < 4.78 is 12.5. The summed E-state index contributed by atoms with van der Waals surface area (Å²) in [6, 6.07) is 11.9. The van der Waals surface area contributed by atoms with Crippen LogP contribution in [0.2, 0.25) is 0 Å². The molecule has 1 aromatic carbocycles. The summed E-state index contributed by atoms with van der Waals surface area (Å²) in [5.74, 6) is 1.05. The van der Waals surface area contributed by atoms with Crippen molar-refractivity contribution in [3.05, 3.63) is 72.9 Å². The first kappa shape index (κ1) is 19.7. The Hall–Kier alpha value is -2.56. The standard InChI is InChI=1S/C22H19BrN2O3S/c1-12-13(11-27-17-7-3-2-5-15(17)23)9-19(29-12)20-14(10-24)22(25)28-18-8-4-6-16(26)21(18)20/h2-3,5,7,9,20H,4,6,8,11,25H2,1H3/t20-/m0/s1. The lowest BCUT2D eigenvalue weighted by molar-refractivity contribution is -0.116. The maximum Gasteiger partial charge on any atom is 0.205 e. The Kier molecular flexibility index (Phi) is 5.48. The van der Waals surface area contributed by atoms with Crippen LogP contribution in [0.4, 0.5) is 0 Å². The minimum atomic E-state index is -0.461. The molecule has 2 heterocycles. The van der Waals surface area contributed by atoms with Crippen molar-refractivity contribution in [1.29, 1.82) is 5.26 Å². The predicted molar refractivity (Wildman–Crippen MR) is 114 cm³/mol. The number of hydrogen-bond donors (Lipinski definition) is 1. The quantitative estimate of drug-likeness (QED) is 0.662. The van der Waals surface area contributed by atoms with Crippen molar-refractivity contribution in [3.8, 4) is 11.8 Å². The van der Waals surface area contributed by atoms with Crippen molar-refractivity contribution < 1.29 is 14.3 Å². The minimum Gasteiger partial charge on any atom is -0.488 e. The van der Waals surface area contributed by atoms with E-state index < -0.39 is 5.92 Å². The number of nitrogens with zero attached hydrogens (tertiary/aromatic N) is 1. The summed E-state index contributed by atoms with van der Waals surface area (Å²) in [5.41, 5.74) is 7.94. The summed E-state index contributed by atoms with van der Waals surface area (Å²) in [4.78, 5) is 14.7. The van der Waals surface area contributed by atoms with Gasteiger partial charge in [0.15, 0.2) is 5.78 Å². The highest BCUT2D eigenvalue weighted by atomic mass is 79.9. The first-order valence-corrected chi connectivity index (χ1v) is 10.9. The van der Waals surface area contributed by atoms with Crippen LogP contribution >= 0.6 is 27.3 Å². The van der Waals surface area contributed by atoms with Crippen LogP contribution in [-0.4, -0.2) is 5.78 Å². The number of para-hydroxylation sites is 1. The molecule has 0 amide bonds. The van der Waals surface area contributed by atoms with Crippen molar-refractivity contribution in [2.75, 3.05) is 0 Å². The molecule has 0 unspecified atom stereocenters. The van der Waals surface area contributed by atoms with Crippen LogP contribution in [0.5, 0.6) is 5.75 Å². The van der Waals surface area contributed by atoms with E-state index in [1.54, 1.807) is 11.3 Å². The van der Waals surface area contributed by atoms with E-state index in [0.717, 1.165) is 32.0 Å². The molecule has 2 aliphatic rings. The van der Waals surface area contributed by atoms with Gasteiger partial charge in [0.05, 0.1) is 10.4 Å². The van der Waals surface area contributed by atoms with Gasteiger partial charge in [0.25, 0.3) is 0 Å². The molecule has 7 heteroatoms. The molecule has 4 rings (SSSR count). The second kappa shape index (κ2) is 8.05. The Labute approximate surface area is 181 Å². The number of rotatable bonds is 4. The molecule has 148 valence electrons. The number of allylic oxidation sites excluding steroid dienone is 3. The van der Waals surface area contributed by atoms with E-state index in [1.165, 1.54) is 0 Å². The summed E-state index contributed by atoms with van der Waals surface area (Å²) in [5, 5.41) is 9.70. The lowest BCUT2D eigenvalue weighted by Crippen LogP contribution is -2.27. The van der Waals surface area contributed by atoms with Crippen LogP contribution in [0, 0.1) is 18.3 Å². The second-order valence-corrected chi connectivity index (χ2v) is 9.13. The van der Waals surface area contributed by atoms with E-state index in [1.807, 2.05) is 37.3 Å². The van der Waals surface area contributed by atoms with Crippen LogP contribution in [0.25, 0.3) is 0 Å². The first-order valence-electron chi connectivity index (χ1n) is 9.30. The largest absolute Gasteiger partial charge is 0.488 e. The fraction of sp³-hybridized carbons (Fsp3) is 0.273. The molecule has 0 spiro atoms. The van der Waals surface area contributed by atoms with Gasteiger partial charge in [-0.15, -0.1) is 11.3 Å². The van der Waals surface area contributed by atoms with E-state index >= 15 is 0 Å². The van der Waals surface area contributed by atoms with Gasteiger partial charge < -0.3 is 15.2 Å². The molecule has 0 radical (unpaired) electrons. The number of carbonyl (C=O) groups excluding carboxylic acids is 1. The van der Waals surface area contributed by atoms with Gasteiger partial charge in [-0.05, 0) is 47.5 Å². The highest BCUT2D eigenvalue weighted by molar-refractivity contribution is 9.10. The number of nitriles is 1. The lowest BCUT2D eigenvalue weighted by Gasteiger charge is -2.30. The second-order valence-electron chi connectivity index (χ2n) is 6.99. The van der Waals surface area contributed by atoms with E-state index in [9.17, 15) is 10.1 Å². The van der Waals surface area contributed by atoms with Crippen molar-refractivity contribution in [2.45, 2.75) is 38.7 Å². The monoisotopic (exact) mass is 470 g/mol. The number of ether oxygens (including phenoxy) is 2. The zero-order valence-corrected chi connectivity index (χ0v) is 18.2. The predicted octanol–water partition coefficient (Wildman–Crippen LogP) is 5.21. The van der Waals surface area contributed by atoms with Crippen LogP contribution in [0.15, 0.2) is 57.6 Å². The van der Waals surface area contributed by atoms with E-state index in [4.69, 9.17) is 15.2 Å². The average molecular weight is 471 g/mol. The number of hydrogen-bond acceptors (Lipinski definition) is 6. The SMILES string of the molecule is Cc1sc([C@@H]2C(C#N)=C(N)OC3=C2C(=O)CCC3)cc1COc1ccccc1Br. The molecule has 1 aliphatic heterocycles. The number of aryl methyl sites for hydroxylation is 1. The molecular weight excluding hydrogens is 452 g/mol. The van der Waals surface area contributed by atoms with Crippen molar-refractivity contribution in [2.24, 2.45) is 5.73 Å². The number of nitrogens with two attached hydrogens (primary N) is 1. The number of thiophene rings is 1. The molecule has 0 fully saturated rings. The molecule has 1 aliphatic carbocycles. The van der Waals surface area contributed by atoms with E-state index in [-0.39, 0.29) is 11.7 Å². The summed E-state index contributed by atoms with van der Waals surface area (Å²) in [7, 11) is 0.